The third-order valence-corrected chi connectivity index (χ3v) is 13.0. The number of ether oxygens (including phenoxy) is 1. The Morgan fingerprint density at radius 2 is 1.52 bits per heavy atom. The van der Waals surface area contributed by atoms with E-state index in [-0.39, 0.29) is 35.9 Å². The number of aromatic amines is 1. The second kappa shape index (κ2) is 17.1. The molecule has 5 aromatic rings. The fourth-order valence-corrected chi connectivity index (χ4v) is 9.60. The van der Waals surface area contributed by atoms with E-state index in [1.54, 1.807) is 12.1 Å². The molecule has 4 N–H and O–H groups in total. The molecule has 0 spiro atoms. The van der Waals surface area contributed by atoms with Gasteiger partial charge >= 0.3 is 0 Å². The topological polar surface area (TPSA) is 172 Å². The van der Waals surface area contributed by atoms with Crippen LogP contribution in [0.2, 0.25) is 0 Å². The number of hydrogen-bond donors (Lipinski definition) is 4. The molecule has 15 nitrogen and oxygen atoms in total. The quantitative estimate of drug-likeness (QED) is 0.133. The number of halogens is 2. The van der Waals surface area contributed by atoms with E-state index in [4.69, 9.17) is 4.74 Å². The molecule has 5 aliphatic heterocycles. The lowest BCUT2D eigenvalue weighted by Crippen LogP contribution is -2.55. The van der Waals surface area contributed by atoms with Gasteiger partial charge in [0.1, 0.15) is 17.7 Å². The summed E-state index contributed by atoms with van der Waals surface area (Å²) in [6, 6.07) is 19.3. The number of piperidine rings is 1. The van der Waals surface area contributed by atoms with Crippen LogP contribution < -0.4 is 25.8 Å². The lowest BCUT2D eigenvalue weighted by molar-refractivity contribution is -0.136. The number of aromatic nitrogens is 2. The molecule has 0 saturated carbocycles. The maximum absolute atomic E-state index is 14.0. The number of carbonyl (C=O) groups is 5. The SMILES string of the molecule is O=C1CC[C@H](N2C(=O)c3ccc(N4CC(CN5CCN(c6ccc(C(=O)Nc7n[nH]c8ccc(Cc9cc(F)cc(F)c9)cc78)c(NC7CCOCC7)c6)CC5)C4)cc3C2=O)C(=O)N1. The van der Waals surface area contributed by atoms with Gasteiger partial charge in [-0.1, -0.05) is 6.07 Å². The minimum Gasteiger partial charge on any atom is -0.381 e. The maximum atomic E-state index is 14.0. The third-order valence-electron chi connectivity index (χ3n) is 13.0. The predicted molar refractivity (Wildman–Crippen MR) is 235 cm³/mol. The number of fused-ring (bicyclic) bond motifs is 2. The molecule has 64 heavy (non-hydrogen) atoms. The summed E-state index contributed by atoms with van der Waals surface area (Å²) in [6.45, 7) is 7.21. The van der Waals surface area contributed by atoms with Crippen LogP contribution in [0.1, 0.15) is 67.9 Å². The van der Waals surface area contributed by atoms with Gasteiger partial charge in [-0.2, -0.15) is 5.10 Å². The summed E-state index contributed by atoms with van der Waals surface area (Å²) >= 11 is 0. The number of H-pyrrole nitrogens is 1. The first-order chi connectivity index (χ1) is 31.0. The molecule has 5 aliphatic rings. The number of nitrogens with zero attached hydrogens (tertiary/aromatic N) is 5. The van der Waals surface area contributed by atoms with Crippen molar-refractivity contribution in [3.8, 4) is 0 Å². The molecule has 0 radical (unpaired) electrons. The highest BCUT2D eigenvalue weighted by Crippen LogP contribution is 2.34. The Labute approximate surface area is 367 Å². The third kappa shape index (κ3) is 8.28. The Hall–Kier alpha value is -6.72. The molecule has 0 aliphatic carbocycles. The molecule has 6 heterocycles. The van der Waals surface area contributed by atoms with Gasteiger partial charge < -0.3 is 25.2 Å². The van der Waals surface area contributed by atoms with Crippen LogP contribution >= 0.6 is 0 Å². The van der Waals surface area contributed by atoms with Gasteiger partial charge in [0.15, 0.2) is 5.82 Å². The summed E-state index contributed by atoms with van der Waals surface area (Å²) in [5.74, 6) is -2.84. The largest absolute Gasteiger partial charge is 0.381 e. The van der Waals surface area contributed by atoms with Gasteiger partial charge in [0.25, 0.3) is 17.7 Å². The van der Waals surface area contributed by atoms with Crippen LogP contribution in [-0.4, -0.2) is 121 Å². The first-order valence-electron chi connectivity index (χ1n) is 21.8. The first-order valence-corrected chi connectivity index (χ1v) is 21.8. The number of imide groups is 2. The van der Waals surface area contributed by atoms with Crippen molar-refractivity contribution in [3.63, 3.8) is 0 Å². The Morgan fingerprint density at radius 3 is 2.28 bits per heavy atom. The highest BCUT2D eigenvalue weighted by molar-refractivity contribution is 6.23. The molecule has 330 valence electrons. The molecule has 1 aromatic heterocycles. The van der Waals surface area contributed by atoms with E-state index in [0.29, 0.717) is 53.4 Å². The van der Waals surface area contributed by atoms with Gasteiger partial charge in [-0.3, -0.25) is 44.2 Å². The molecule has 17 heteroatoms. The molecule has 4 fully saturated rings. The molecule has 4 aromatic carbocycles. The number of piperazine rings is 1. The van der Waals surface area contributed by atoms with E-state index in [0.717, 1.165) is 92.2 Å². The zero-order chi connectivity index (χ0) is 44.1. The zero-order valence-corrected chi connectivity index (χ0v) is 35.0. The molecule has 1 atom stereocenters. The Kier molecular flexibility index (Phi) is 11.0. The highest BCUT2D eigenvalue weighted by Gasteiger charge is 2.45. The van der Waals surface area contributed by atoms with E-state index >= 15 is 0 Å². The van der Waals surface area contributed by atoms with Gasteiger partial charge in [-0.05, 0) is 97.5 Å². The average Bonchev–Trinajstić information content (AvgIpc) is 3.77. The van der Waals surface area contributed by atoms with Crippen molar-refractivity contribution in [2.24, 2.45) is 5.92 Å². The lowest BCUT2D eigenvalue weighted by atomic mass is 9.97. The van der Waals surface area contributed by atoms with Crippen molar-refractivity contribution in [2.45, 2.75) is 44.2 Å². The Bertz CT molecular complexity index is 2670. The average molecular weight is 872 g/mol. The van der Waals surface area contributed by atoms with Gasteiger partial charge in [0.05, 0.1) is 22.2 Å². The van der Waals surface area contributed by atoms with Crippen molar-refractivity contribution in [3.05, 3.63) is 112 Å². The van der Waals surface area contributed by atoms with E-state index in [9.17, 15) is 32.8 Å². The fraction of sp³-hybridized carbons (Fsp3) is 0.362. The van der Waals surface area contributed by atoms with Crippen molar-refractivity contribution in [1.29, 1.82) is 0 Å². The fourth-order valence-electron chi connectivity index (χ4n) is 9.60. The van der Waals surface area contributed by atoms with Crippen LogP contribution in [0.15, 0.2) is 72.8 Å². The predicted octanol–water partition coefficient (Wildman–Crippen LogP) is 4.93. The van der Waals surface area contributed by atoms with Gasteiger partial charge in [0, 0.05) is 106 Å². The van der Waals surface area contributed by atoms with Crippen LogP contribution in [0, 0.1) is 17.6 Å². The smallest absolute Gasteiger partial charge is 0.262 e. The van der Waals surface area contributed by atoms with Crippen LogP contribution in [-0.2, 0) is 20.7 Å². The second-order valence-corrected chi connectivity index (χ2v) is 17.4. The second-order valence-electron chi connectivity index (χ2n) is 17.4. The summed E-state index contributed by atoms with van der Waals surface area (Å²) in [5.41, 5.74) is 5.67. The molecule has 0 bridgehead atoms. The highest BCUT2D eigenvalue weighted by atomic mass is 19.1. The normalized spacial score (nSPS) is 19.8. The monoisotopic (exact) mass is 871 g/mol. The van der Waals surface area contributed by atoms with E-state index in [1.165, 1.54) is 12.1 Å². The van der Waals surface area contributed by atoms with Crippen LogP contribution in [0.5, 0.6) is 0 Å². The van der Waals surface area contributed by atoms with E-state index < -0.39 is 41.3 Å². The van der Waals surface area contributed by atoms with E-state index in [2.05, 4.69) is 46.9 Å². The molecular weight excluding hydrogens is 825 g/mol. The van der Waals surface area contributed by atoms with Crippen LogP contribution in [0.3, 0.4) is 0 Å². The number of anilines is 4. The minimum atomic E-state index is -0.993. The number of rotatable bonds is 11. The Balaban J connectivity index is 0.765. The number of nitrogens with one attached hydrogen (secondary N) is 4. The standard InChI is InChI=1S/C47H47F2N9O6/c48-30-18-28(19-31(49)21-30)17-27-1-6-39-38(20-27)43(54-53-39)52-44(60)36-5-3-34(23-40(36)50-32-9-15-64-16-10-32)56-13-11-55(12-14-56)24-29-25-57(26-29)33-2-4-35-37(22-33)47(63)58(46(35)62)41-7-8-42(59)51-45(41)61/h1-6,18-23,29,32,41,50H,7-17,24-26H2,(H,51,59,61)(H2,52,53,54,60)/t41-/m0/s1. The first kappa shape index (κ1) is 41.3. The molecule has 10 rings (SSSR count). The number of carbonyl (C=O) groups excluding carboxylic acids is 5. The van der Waals surface area contributed by atoms with Crippen molar-refractivity contribution >= 4 is 63.3 Å². The summed E-state index contributed by atoms with van der Waals surface area (Å²) in [7, 11) is 0. The van der Waals surface area contributed by atoms with Crippen molar-refractivity contribution in [2.75, 3.05) is 79.5 Å². The number of benzene rings is 4. The minimum absolute atomic E-state index is 0.0756. The van der Waals surface area contributed by atoms with Gasteiger partial charge in [0.2, 0.25) is 11.8 Å². The summed E-state index contributed by atoms with van der Waals surface area (Å²) in [4.78, 5) is 72.7. The van der Waals surface area contributed by atoms with Gasteiger partial charge in [-0.15, -0.1) is 0 Å². The van der Waals surface area contributed by atoms with Crippen molar-refractivity contribution < 1.29 is 37.5 Å². The number of amides is 5. The molecule has 5 amide bonds. The lowest BCUT2D eigenvalue weighted by Gasteiger charge is -2.45. The summed E-state index contributed by atoms with van der Waals surface area (Å²) < 4.78 is 33.4. The maximum Gasteiger partial charge on any atom is 0.262 e. The number of hydrogen-bond acceptors (Lipinski definition) is 11. The Morgan fingerprint density at radius 1 is 0.781 bits per heavy atom. The van der Waals surface area contributed by atoms with Crippen molar-refractivity contribution in [1.82, 2.24) is 25.3 Å². The molecule has 4 saturated heterocycles. The summed E-state index contributed by atoms with van der Waals surface area (Å²) in [6.07, 6.45) is 2.13. The van der Waals surface area contributed by atoms with Crippen LogP contribution in [0.4, 0.5) is 31.7 Å². The van der Waals surface area contributed by atoms with Gasteiger partial charge in [-0.25, -0.2) is 8.78 Å². The summed E-state index contributed by atoms with van der Waals surface area (Å²) in [5, 5.41) is 16.9. The van der Waals surface area contributed by atoms with E-state index in [1.807, 2.05) is 36.4 Å². The molecular formula is C47H47F2N9O6. The zero-order valence-electron chi connectivity index (χ0n) is 35.0. The van der Waals surface area contributed by atoms with Crippen LogP contribution in [0.25, 0.3) is 10.9 Å². The molecule has 0 unspecified atom stereocenters.